The lowest BCUT2D eigenvalue weighted by Crippen LogP contribution is -2.13. The number of aliphatic hydroxyl groups is 1. The minimum atomic E-state index is -0.331. The van der Waals surface area contributed by atoms with E-state index in [-0.39, 0.29) is 6.10 Å². The van der Waals surface area contributed by atoms with Crippen molar-refractivity contribution in [3.8, 4) is 0 Å². The van der Waals surface area contributed by atoms with E-state index in [0.29, 0.717) is 0 Å². The number of aliphatic hydroxyl groups excluding tert-OH is 1. The van der Waals surface area contributed by atoms with Gasteiger partial charge in [0.1, 0.15) is 0 Å². The van der Waals surface area contributed by atoms with Crippen LogP contribution in [0, 0.1) is 13.8 Å². The maximum Gasteiger partial charge on any atom is 0.0962 e. The molecule has 0 amide bonds. The van der Waals surface area contributed by atoms with Gasteiger partial charge in [-0.05, 0) is 50.3 Å². The first-order valence-electron chi connectivity index (χ1n) is 4.83. The molecule has 0 saturated heterocycles. The molecule has 0 fully saturated rings. The highest BCUT2D eigenvalue weighted by Crippen LogP contribution is 2.30. The standard InChI is InChI=1S/C11H15NO/c1-7-6-8(2)12-11-9(7)4-3-5-10(11)13/h6,10,13H,3-5H2,1-2H3. The number of hydrogen-bond acceptors (Lipinski definition) is 2. The molecule has 0 radical (unpaired) electrons. The number of hydrogen-bond donors (Lipinski definition) is 1. The Hall–Kier alpha value is -0.890. The molecule has 0 saturated carbocycles. The molecule has 0 spiro atoms. The molecule has 1 unspecified atom stereocenters. The van der Waals surface area contributed by atoms with Gasteiger partial charge in [-0.3, -0.25) is 4.98 Å². The lowest BCUT2D eigenvalue weighted by atomic mass is 9.90. The van der Waals surface area contributed by atoms with E-state index in [1.54, 1.807) is 0 Å². The van der Waals surface area contributed by atoms with Gasteiger partial charge in [-0.1, -0.05) is 0 Å². The fraction of sp³-hybridized carbons (Fsp3) is 0.545. The van der Waals surface area contributed by atoms with Crippen molar-refractivity contribution < 1.29 is 5.11 Å². The van der Waals surface area contributed by atoms with E-state index >= 15 is 0 Å². The highest BCUT2D eigenvalue weighted by atomic mass is 16.3. The quantitative estimate of drug-likeness (QED) is 0.658. The Balaban J connectivity index is 2.56. The molecule has 2 rings (SSSR count). The minimum absolute atomic E-state index is 0.331. The third-order valence-electron chi connectivity index (χ3n) is 2.73. The molecule has 1 aliphatic carbocycles. The van der Waals surface area contributed by atoms with E-state index in [1.807, 2.05) is 6.92 Å². The molecule has 13 heavy (non-hydrogen) atoms. The summed E-state index contributed by atoms with van der Waals surface area (Å²) in [4.78, 5) is 4.41. The van der Waals surface area contributed by atoms with Gasteiger partial charge >= 0.3 is 0 Å². The zero-order chi connectivity index (χ0) is 9.42. The molecule has 1 aromatic heterocycles. The van der Waals surface area contributed by atoms with Gasteiger partial charge in [-0.25, -0.2) is 0 Å². The first-order chi connectivity index (χ1) is 6.18. The van der Waals surface area contributed by atoms with Gasteiger partial charge in [-0.15, -0.1) is 0 Å². The number of rotatable bonds is 0. The lowest BCUT2D eigenvalue weighted by molar-refractivity contribution is 0.151. The van der Waals surface area contributed by atoms with Crippen LogP contribution < -0.4 is 0 Å². The predicted molar refractivity (Wildman–Crippen MR) is 51.6 cm³/mol. The summed E-state index contributed by atoms with van der Waals surface area (Å²) in [6, 6.07) is 2.09. The minimum Gasteiger partial charge on any atom is -0.387 e. The van der Waals surface area contributed by atoms with E-state index in [2.05, 4.69) is 18.0 Å². The van der Waals surface area contributed by atoms with Crippen molar-refractivity contribution in [2.75, 3.05) is 0 Å². The number of pyridine rings is 1. The molecule has 70 valence electrons. The van der Waals surface area contributed by atoms with Crippen molar-refractivity contribution in [1.29, 1.82) is 0 Å². The van der Waals surface area contributed by atoms with E-state index in [9.17, 15) is 5.11 Å². The van der Waals surface area contributed by atoms with Gasteiger partial charge in [0.15, 0.2) is 0 Å². The summed E-state index contributed by atoms with van der Waals surface area (Å²) in [5, 5.41) is 9.75. The van der Waals surface area contributed by atoms with Crippen LogP contribution >= 0.6 is 0 Å². The molecule has 2 nitrogen and oxygen atoms in total. The number of aromatic nitrogens is 1. The average Bonchev–Trinajstić information content (AvgIpc) is 2.07. The lowest BCUT2D eigenvalue weighted by Gasteiger charge is -2.22. The fourth-order valence-electron chi connectivity index (χ4n) is 2.10. The van der Waals surface area contributed by atoms with Gasteiger partial charge in [0, 0.05) is 5.69 Å². The highest BCUT2D eigenvalue weighted by Gasteiger charge is 2.20. The summed E-state index contributed by atoms with van der Waals surface area (Å²) in [5.41, 5.74) is 4.48. The van der Waals surface area contributed by atoms with Gasteiger partial charge < -0.3 is 5.11 Å². The zero-order valence-electron chi connectivity index (χ0n) is 8.17. The molecule has 1 aliphatic rings. The first kappa shape index (κ1) is 8.70. The summed E-state index contributed by atoms with van der Waals surface area (Å²) in [6.45, 7) is 4.08. The maximum atomic E-state index is 9.75. The number of fused-ring (bicyclic) bond motifs is 1. The van der Waals surface area contributed by atoms with Crippen molar-refractivity contribution in [3.63, 3.8) is 0 Å². The molecule has 0 aromatic carbocycles. The van der Waals surface area contributed by atoms with E-state index in [1.165, 1.54) is 11.1 Å². The van der Waals surface area contributed by atoms with Crippen LogP contribution in [0.3, 0.4) is 0 Å². The Bertz CT molecular complexity index is 333. The van der Waals surface area contributed by atoms with Crippen molar-refractivity contribution in [2.45, 2.75) is 39.2 Å². The summed E-state index contributed by atoms with van der Waals surface area (Å²) >= 11 is 0. The second-order valence-corrected chi connectivity index (χ2v) is 3.85. The monoisotopic (exact) mass is 177 g/mol. The topological polar surface area (TPSA) is 33.1 Å². The van der Waals surface area contributed by atoms with Crippen LogP contribution in [0.4, 0.5) is 0 Å². The Kier molecular flexibility index (Phi) is 2.08. The van der Waals surface area contributed by atoms with Crippen LogP contribution in [0.15, 0.2) is 6.07 Å². The van der Waals surface area contributed by atoms with E-state index in [0.717, 1.165) is 30.7 Å². The predicted octanol–water partition coefficient (Wildman–Crippen LogP) is 2.07. The summed E-state index contributed by atoms with van der Waals surface area (Å²) in [7, 11) is 0. The molecular weight excluding hydrogens is 162 g/mol. The molecule has 1 aromatic rings. The van der Waals surface area contributed by atoms with Crippen LogP contribution in [0.25, 0.3) is 0 Å². The van der Waals surface area contributed by atoms with Crippen LogP contribution in [-0.4, -0.2) is 10.1 Å². The van der Waals surface area contributed by atoms with E-state index < -0.39 is 0 Å². The Labute approximate surface area is 78.6 Å². The third kappa shape index (κ3) is 1.46. The third-order valence-corrected chi connectivity index (χ3v) is 2.73. The Morgan fingerprint density at radius 2 is 2.23 bits per heavy atom. The number of aryl methyl sites for hydroxylation is 2. The molecule has 2 heteroatoms. The molecule has 1 heterocycles. The van der Waals surface area contributed by atoms with Gasteiger partial charge in [-0.2, -0.15) is 0 Å². The summed E-state index contributed by atoms with van der Waals surface area (Å²) in [5.74, 6) is 0. The first-order valence-corrected chi connectivity index (χ1v) is 4.83. The Morgan fingerprint density at radius 3 is 3.00 bits per heavy atom. The molecule has 1 N–H and O–H groups in total. The molecule has 0 bridgehead atoms. The highest BCUT2D eigenvalue weighted by molar-refractivity contribution is 5.34. The van der Waals surface area contributed by atoms with Gasteiger partial charge in [0.2, 0.25) is 0 Å². The summed E-state index contributed by atoms with van der Waals surface area (Å²) < 4.78 is 0. The summed E-state index contributed by atoms with van der Waals surface area (Å²) in [6.07, 6.45) is 2.69. The average molecular weight is 177 g/mol. The van der Waals surface area contributed by atoms with Gasteiger partial charge in [0.25, 0.3) is 0 Å². The van der Waals surface area contributed by atoms with E-state index in [4.69, 9.17) is 0 Å². The normalized spacial score (nSPS) is 21.3. The SMILES string of the molecule is Cc1cc(C)c2c(n1)C(O)CCC2. The van der Waals surface area contributed by atoms with Crippen LogP contribution in [0.1, 0.15) is 41.5 Å². The largest absolute Gasteiger partial charge is 0.387 e. The maximum absolute atomic E-state index is 9.75. The molecule has 1 atom stereocenters. The van der Waals surface area contributed by atoms with Crippen molar-refractivity contribution in [3.05, 3.63) is 28.6 Å². The van der Waals surface area contributed by atoms with Crippen LogP contribution in [0.5, 0.6) is 0 Å². The Morgan fingerprint density at radius 1 is 1.46 bits per heavy atom. The fourth-order valence-corrected chi connectivity index (χ4v) is 2.10. The van der Waals surface area contributed by atoms with Crippen LogP contribution in [0.2, 0.25) is 0 Å². The van der Waals surface area contributed by atoms with Crippen molar-refractivity contribution in [2.24, 2.45) is 0 Å². The molecule has 0 aliphatic heterocycles. The number of nitrogens with zero attached hydrogens (tertiary/aromatic N) is 1. The van der Waals surface area contributed by atoms with Crippen molar-refractivity contribution in [1.82, 2.24) is 4.98 Å². The zero-order valence-corrected chi connectivity index (χ0v) is 8.17. The van der Waals surface area contributed by atoms with Gasteiger partial charge in [0.05, 0.1) is 11.8 Å². The van der Waals surface area contributed by atoms with Crippen LogP contribution in [-0.2, 0) is 6.42 Å². The molecular formula is C11H15NO. The second kappa shape index (κ2) is 3.11. The second-order valence-electron chi connectivity index (χ2n) is 3.85. The smallest absolute Gasteiger partial charge is 0.0962 e. The van der Waals surface area contributed by atoms with Crippen molar-refractivity contribution >= 4 is 0 Å².